The molecule has 3 rings (SSSR count). The molecule has 2 aliphatic rings. The maximum atomic E-state index is 12.8. The monoisotopic (exact) mass is 291 g/mol. The molecule has 0 N–H and O–H groups in total. The number of esters is 1. The molecule has 2 heterocycles. The minimum atomic E-state index is -0.471. The predicted molar refractivity (Wildman–Crippen MR) is 75.8 cm³/mol. The molecule has 114 valence electrons. The second-order valence-corrected chi connectivity index (χ2v) is 6.01. The van der Waals surface area contributed by atoms with Crippen molar-refractivity contribution in [2.75, 3.05) is 7.11 Å². The summed E-state index contributed by atoms with van der Waals surface area (Å²) in [7, 11) is 1.38. The van der Waals surface area contributed by atoms with Gasteiger partial charge in [0.25, 0.3) is 5.91 Å². The minimum absolute atomic E-state index is 0.140. The first-order valence-corrected chi connectivity index (χ1v) is 7.58. The lowest BCUT2D eigenvalue weighted by atomic mass is 9.84. The van der Waals surface area contributed by atoms with Gasteiger partial charge in [-0.25, -0.2) is 4.79 Å². The van der Waals surface area contributed by atoms with Crippen LogP contribution in [0, 0.1) is 12.8 Å². The normalized spacial score (nSPS) is 28.3. The van der Waals surface area contributed by atoms with E-state index >= 15 is 0 Å². The summed E-state index contributed by atoms with van der Waals surface area (Å²) in [5.74, 6) is 0.914. The number of ether oxygens (including phenoxy) is 1. The highest BCUT2D eigenvalue weighted by Gasteiger charge is 2.48. The number of methoxy groups -OCH3 is 1. The third kappa shape index (κ3) is 2.45. The summed E-state index contributed by atoms with van der Waals surface area (Å²) < 4.78 is 10.4. The van der Waals surface area contributed by atoms with E-state index in [9.17, 15) is 9.59 Å². The number of hydrogen-bond donors (Lipinski definition) is 0. The Hall–Kier alpha value is -1.78. The average Bonchev–Trinajstić information content (AvgIpc) is 3.09. The minimum Gasteiger partial charge on any atom is -0.467 e. The van der Waals surface area contributed by atoms with Crippen molar-refractivity contribution in [3.05, 3.63) is 23.7 Å². The quantitative estimate of drug-likeness (QED) is 0.786. The van der Waals surface area contributed by atoms with Gasteiger partial charge in [0.1, 0.15) is 11.8 Å². The number of carbonyl (C=O) groups is 2. The highest BCUT2D eigenvalue weighted by molar-refractivity contribution is 5.95. The molecule has 0 aromatic carbocycles. The molecular weight excluding hydrogens is 270 g/mol. The Labute approximate surface area is 124 Å². The molecule has 5 heteroatoms. The summed E-state index contributed by atoms with van der Waals surface area (Å²) in [5, 5.41) is 0. The number of hydrogen-bond acceptors (Lipinski definition) is 4. The van der Waals surface area contributed by atoms with Crippen LogP contribution in [-0.2, 0) is 9.53 Å². The highest BCUT2D eigenvalue weighted by atomic mass is 16.5. The first kappa shape index (κ1) is 14.2. The van der Waals surface area contributed by atoms with E-state index in [0.717, 1.165) is 19.3 Å². The smallest absolute Gasteiger partial charge is 0.328 e. The van der Waals surface area contributed by atoms with Gasteiger partial charge < -0.3 is 14.1 Å². The lowest BCUT2D eigenvalue weighted by Crippen LogP contribution is -2.46. The number of nitrogens with zero attached hydrogens (tertiary/aromatic N) is 1. The number of fused-ring (bicyclic) bond motifs is 1. The SMILES string of the molecule is COC(=O)[C@@H]1C[C@H]2CCCC[C@@H]2N1C(=O)c1ccc(C)o1. The summed E-state index contributed by atoms with van der Waals surface area (Å²) in [6.07, 6.45) is 5.04. The molecule has 0 unspecified atom stereocenters. The second-order valence-electron chi connectivity index (χ2n) is 6.01. The topological polar surface area (TPSA) is 59.8 Å². The molecule has 1 amide bonds. The van der Waals surface area contributed by atoms with Gasteiger partial charge >= 0.3 is 5.97 Å². The van der Waals surface area contributed by atoms with Crippen molar-refractivity contribution in [2.24, 2.45) is 5.92 Å². The van der Waals surface area contributed by atoms with Crippen LogP contribution in [0.2, 0.25) is 0 Å². The third-order valence-corrected chi connectivity index (χ3v) is 4.75. The molecule has 1 aliphatic heterocycles. The standard InChI is InChI=1S/C16H21NO4/c1-10-7-8-14(21-10)15(18)17-12-6-4-3-5-11(12)9-13(17)16(19)20-2/h7-8,11-13H,3-6,9H2,1-2H3/t11-,12+,13+/m1/s1. The molecule has 1 aromatic heterocycles. The summed E-state index contributed by atoms with van der Waals surface area (Å²) in [6.45, 7) is 1.81. The molecule has 1 aliphatic carbocycles. The lowest BCUT2D eigenvalue weighted by Gasteiger charge is -2.32. The number of amides is 1. The van der Waals surface area contributed by atoms with E-state index < -0.39 is 6.04 Å². The lowest BCUT2D eigenvalue weighted by molar-refractivity contribution is -0.145. The fourth-order valence-corrected chi connectivity index (χ4v) is 3.78. The molecule has 0 bridgehead atoms. The molecule has 1 saturated carbocycles. The molecule has 1 aromatic rings. The summed E-state index contributed by atoms with van der Waals surface area (Å²) in [5.41, 5.74) is 0. The Balaban J connectivity index is 1.90. The Morgan fingerprint density at radius 2 is 2.05 bits per heavy atom. The van der Waals surface area contributed by atoms with Gasteiger partial charge in [-0.05, 0) is 44.2 Å². The Morgan fingerprint density at radius 3 is 2.71 bits per heavy atom. The molecule has 1 saturated heterocycles. The Morgan fingerprint density at radius 1 is 1.29 bits per heavy atom. The van der Waals surface area contributed by atoms with Crippen molar-refractivity contribution < 1.29 is 18.7 Å². The van der Waals surface area contributed by atoms with E-state index in [2.05, 4.69) is 0 Å². The number of aryl methyl sites for hydroxylation is 1. The summed E-state index contributed by atoms with van der Waals surface area (Å²) in [6, 6.07) is 3.12. The number of likely N-dealkylation sites (tertiary alicyclic amines) is 1. The third-order valence-electron chi connectivity index (χ3n) is 4.75. The van der Waals surface area contributed by atoms with E-state index in [1.54, 1.807) is 17.0 Å². The van der Waals surface area contributed by atoms with E-state index in [4.69, 9.17) is 9.15 Å². The number of furan rings is 1. The van der Waals surface area contributed by atoms with Crippen LogP contribution in [0.15, 0.2) is 16.5 Å². The van der Waals surface area contributed by atoms with Crippen LogP contribution in [0.1, 0.15) is 48.4 Å². The zero-order chi connectivity index (χ0) is 15.0. The first-order chi connectivity index (χ1) is 10.1. The number of rotatable bonds is 2. The zero-order valence-electron chi connectivity index (χ0n) is 12.5. The van der Waals surface area contributed by atoms with Gasteiger partial charge in [0.05, 0.1) is 7.11 Å². The maximum Gasteiger partial charge on any atom is 0.328 e. The van der Waals surface area contributed by atoms with Crippen molar-refractivity contribution in [1.29, 1.82) is 0 Å². The van der Waals surface area contributed by atoms with Crippen LogP contribution < -0.4 is 0 Å². The van der Waals surface area contributed by atoms with Gasteiger partial charge in [-0.2, -0.15) is 0 Å². The molecule has 2 fully saturated rings. The predicted octanol–water partition coefficient (Wildman–Crippen LogP) is 2.53. The largest absolute Gasteiger partial charge is 0.467 e. The van der Waals surface area contributed by atoms with Gasteiger partial charge in [-0.3, -0.25) is 4.79 Å². The molecule has 3 atom stereocenters. The number of carbonyl (C=O) groups excluding carboxylic acids is 2. The molecule has 21 heavy (non-hydrogen) atoms. The van der Waals surface area contributed by atoms with Crippen molar-refractivity contribution >= 4 is 11.9 Å². The molecular formula is C16H21NO4. The summed E-state index contributed by atoms with van der Waals surface area (Å²) in [4.78, 5) is 26.5. The van der Waals surface area contributed by atoms with E-state index in [-0.39, 0.29) is 17.9 Å². The van der Waals surface area contributed by atoms with Crippen LogP contribution >= 0.6 is 0 Å². The van der Waals surface area contributed by atoms with Gasteiger partial charge in [0, 0.05) is 6.04 Å². The average molecular weight is 291 g/mol. The van der Waals surface area contributed by atoms with Crippen LogP contribution in [0.3, 0.4) is 0 Å². The second kappa shape index (κ2) is 5.54. The molecule has 0 spiro atoms. The highest BCUT2D eigenvalue weighted by Crippen LogP contribution is 2.40. The fourth-order valence-electron chi connectivity index (χ4n) is 3.78. The van der Waals surface area contributed by atoms with Crippen molar-refractivity contribution in [1.82, 2.24) is 4.90 Å². The van der Waals surface area contributed by atoms with E-state index in [1.165, 1.54) is 13.5 Å². The molecule has 0 radical (unpaired) electrons. The van der Waals surface area contributed by atoms with Crippen molar-refractivity contribution in [2.45, 2.75) is 51.1 Å². The van der Waals surface area contributed by atoms with Gasteiger partial charge in [-0.1, -0.05) is 12.8 Å². The zero-order valence-corrected chi connectivity index (χ0v) is 12.5. The maximum absolute atomic E-state index is 12.8. The van der Waals surface area contributed by atoms with Gasteiger partial charge in [0.2, 0.25) is 0 Å². The van der Waals surface area contributed by atoms with E-state index in [1.807, 2.05) is 6.92 Å². The van der Waals surface area contributed by atoms with Gasteiger partial charge in [-0.15, -0.1) is 0 Å². The van der Waals surface area contributed by atoms with E-state index in [0.29, 0.717) is 23.9 Å². The van der Waals surface area contributed by atoms with Crippen LogP contribution in [0.4, 0.5) is 0 Å². The summed E-state index contributed by atoms with van der Waals surface area (Å²) >= 11 is 0. The van der Waals surface area contributed by atoms with Crippen LogP contribution in [0.5, 0.6) is 0 Å². The fraction of sp³-hybridized carbons (Fsp3) is 0.625. The molecule has 5 nitrogen and oxygen atoms in total. The Bertz CT molecular complexity index is 550. The first-order valence-electron chi connectivity index (χ1n) is 7.58. The van der Waals surface area contributed by atoms with Gasteiger partial charge in [0.15, 0.2) is 5.76 Å². The van der Waals surface area contributed by atoms with Crippen LogP contribution in [0.25, 0.3) is 0 Å². The van der Waals surface area contributed by atoms with Crippen molar-refractivity contribution in [3.63, 3.8) is 0 Å². The van der Waals surface area contributed by atoms with Crippen LogP contribution in [-0.4, -0.2) is 36.0 Å². The van der Waals surface area contributed by atoms with Crippen molar-refractivity contribution in [3.8, 4) is 0 Å². The Kier molecular flexibility index (Phi) is 3.74.